The van der Waals surface area contributed by atoms with Crippen LogP contribution in [-0.4, -0.2) is 16.0 Å². The number of benzene rings is 4. The van der Waals surface area contributed by atoms with Gasteiger partial charge in [-0.15, -0.1) is 0 Å². The highest BCUT2D eigenvalue weighted by Crippen LogP contribution is 2.50. The fourth-order valence-corrected chi connectivity index (χ4v) is 4.68. The van der Waals surface area contributed by atoms with Crippen LogP contribution in [0.1, 0.15) is 51.0 Å². The van der Waals surface area contributed by atoms with E-state index in [-0.39, 0.29) is 23.2 Å². The maximum atomic E-state index is 13.1. The summed E-state index contributed by atoms with van der Waals surface area (Å²) in [5.41, 5.74) is 4.39. The summed E-state index contributed by atoms with van der Waals surface area (Å²) >= 11 is 0. The summed E-state index contributed by atoms with van der Waals surface area (Å²) in [4.78, 5) is 13.1. The Hall–Kier alpha value is -3.59. The number of rotatable bonds is 2. The van der Waals surface area contributed by atoms with Crippen molar-refractivity contribution in [1.29, 1.82) is 0 Å². The molecule has 142 valence electrons. The van der Waals surface area contributed by atoms with Crippen molar-refractivity contribution in [3.05, 3.63) is 106 Å². The van der Waals surface area contributed by atoms with Crippen LogP contribution < -0.4 is 0 Å². The van der Waals surface area contributed by atoms with Gasteiger partial charge in [-0.05, 0) is 17.5 Å². The SMILES string of the molecule is CCc1c(C2c3ccccc3C(=O)c3ccccc32)c(O)c2ccccc2c1O. The highest BCUT2D eigenvalue weighted by Gasteiger charge is 2.35. The first-order chi connectivity index (χ1) is 14.1. The molecule has 0 aromatic heterocycles. The first kappa shape index (κ1) is 17.5. The lowest BCUT2D eigenvalue weighted by atomic mass is 9.72. The van der Waals surface area contributed by atoms with Crippen molar-refractivity contribution in [3.63, 3.8) is 0 Å². The van der Waals surface area contributed by atoms with Crippen LogP contribution in [0.3, 0.4) is 0 Å². The predicted molar refractivity (Wildman–Crippen MR) is 114 cm³/mol. The Morgan fingerprint density at radius 3 is 1.76 bits per heavy atom. The second-order valence-corrected chi connectivity index (χ2v) is 7.43. The van der Waals surface area contributed by atoms with E-state index in [1.165, 1.54) is 0 Å². The Morgan fingerprint density at radius 1 is 0.724 bits per heavy atom. The molecule has 0 atom stereocenters. The number of carbonyl (C=O) groups excluding carboxylic acids is 1. The fourth-order valence-electron chi connectivity index (χ4n) is 4.68. The van der Waals surface area contributed by atoms with E-state index in [1.807, 2.05) is 79.7 Å². The van der Waals surface area contributed by atoms with E-state index in [0.717, 1.165) is 11.1 Å². The van der Waals surface area contributed by atoms with Gasteiger partial charge in [-0.3, -0.25) is 4.79 Å². The smallest absolute Gasteiger partial charge is 0.193 e. The van der Waals surface area contributed by atoms with Crippen molar-refractivity contribution in [1.82, 2.24) is 0 Å². The lowest BCUT2D eigenvalue weighted by Crippen LogP contribution is -2.21. The van der Waals surface area contributed by atoms with Crippen LogP contribution in [0.15, 0.2) is 72.8 Å². The largest absolute Gasteiger partial charge is 0.507 e. The van der Waals surface area contributed by atoms with Gasteiger partial charge in [0.1, 0.15) is 11.5 Å². The summed E-state index contributed by atoms with van der Waals surface area (Å²) in [6, 6.07) is 22.5. The summed E-state index contributed by atoms with van der Waals surface area (Å²) in [6.45, 7) is 1.97. The zero-order chi connectivity index (χ0) is 20.1. The van der Waals surface area contributed by atoms with Crippen molar-refractivity contribution in [3.8, 4) is 11.5 Å². The van der Waals surface area contributed by atoms with E-state index in [9.17, 15) is 15.0 Å². The fraction of sp³-hybridized carbons (Fsp3) is 0.115. The molecule has 1 aliphatic rings. The van der Waals surface area contributed by atoms with Gasteiger partial charge in [0.05, 0.1) is 0 Å². The molecule has 0 saturated heterocycles. The Morgan fingerprint density at radius 2 is 1.21 bits per heavy atom. The van der Waals surface area contributed by atoms with Crippen molar-refractivity contribution in [2.24, 2.45) is 0 Å². The monoisotopic (exact) mass is 380 g/mol. The van der Waals surface area contributed by atoms with E-state index in [1.54, 1.807) is 0 Å². The van der Waals surface area contributed by atoms with Gasteiger partial charge in [0.2, 0.25) is 0 Å². The summed E-state index contributed by atoms with van der Waals surface area (Å²) in [7, 11) is 0. The maximum absolute atomic E-state index is 13.1. The molecular formula is C26H20O3. The maximum Gasteiger partial charge on any atom is 0.193 e. The average molecular weight is 380 g/mol. The lowest BCUT2D eigenvalue weighted by Gasteiger charge is -2.30. The number of hydrogen-bond donors (Lipinski definition) is 2. The molecule has 29 heavy (non-hydrogen) atoms. The zero-order valence-electron chi connectivity index (χ0n) is 16.0. The number of phenols is 2. The molecule has 1 aliphatic carbocycles. The van der Waals surface area contributed by atoms with Crippen molar-refractivity contribution in [2.45, 2.75) is 19.3 Å². The first-order valence-electron chi connectivity index (χ1n) is 9.81. The van der Waals surface area contributed by atoms with Crippen LogP contribution in [-0.2, 0) is 6.42 Å². The molecule has 0 heterocycles. The number of ketones is 1. The van der Waals surface area contributed by atoms with Crippen molar-refractivity contribution >= 4 is 16.6 Å². The lowest BCUT2D eigenvalue weighted by molar-refractivity contribution is 0.103. The van der Waals surface area contributed by atoms with Gasteiger partial charge < -0.3 is 10.2 Å². The molecular weight excluding hydrogens is 360 g/mol. The molecule has 4 aromatic rings. The number of phenolic OH excluding ortho intramolecular Hbond substituents is 2. The van der Waals surface area contributed by atoms with Gasteiger partial charge >= 0.3 is 0 Å². The van der Waals surface area contributed by atoms with Crippen molar-refractivity contribution < 1.29 is 15.0 Å². The van der Waals surface area contributed by atoms with Gasteiger partial charge in [0.25, 0.3) is 0 Å². The number of fused-ring (bicyclic) bond motifs is 3. The molecule has 0 bridgehead atoms. The second-order valence-electron chi connectivity index (χ2n) is 7.43. The van der Waals surface area contributed by atoms with Gasteiger partial charge in [0, 0.05) is 38.9 Å². The molecule has 0 saturated carbocycles. The summed E-state index contributed by atoms with van der Waals surface area (Å²) < 4.78 is 0. The second kappa shape index (κ2) is 6.49. The minimum Gasteiger partial charge on any atom is -0.507 e. The Bertz CT molecular complexity index is 1240. The number of hydrogen-bond acceptors (Lipinski definition) is 3. The normalized spacial score (nSPS) is 13.3. The topological polar surface area (TPSA) is 57.5 Å². The zero-order valence-corrected chi connectivity index (χ0v) is 16.0. The molecule has 0 fully saturated rings. The predicted octanol–water partition coefficient (Wildman–Crippen LogP) is 5.54. The Kier molecular flexibility index (Phi) is 3.92. The van der Waals surface area contributed by atoms with E-state index >= 15 is 0 Å². The molecule has 2 N–H and O–H groups in total. The van der Waals surface area contributed by atoms with Crippen LogP contribution >= 0.6 is 0 Å². The van der Waals surface area contributed by atoms with Gasteiger partial charge in [0.15, 0.2) is 5.78 Å². The van der Waals surface area contributed by atoms with Gasteiger partial charge in [-0.25, -0.2) is 0 Å². The highest BCUT2D eigenvalue weighted by atomic mass is 16.3. The van der Waals surface area contributed by atoms with Gasteiger partial charge in [-0.1, -0.05) is 79.7 Å². The minimum absolute atomic E-state index is 0.00463. The molecule has 0 aliphatic heterocycles. The van der Waals surface area contributed by atoms with Crippen molar-refractivity contribution in [2.75, 3.05) is 0 Å². The summed E-state index contributed by atoms with van der Waals surface area (Å²) in [6.07, 6.45) is 0.564. The summed E-state index contributed by atoms with van der Waals surface area (Å²) in [5, 5.41) is 23.7. The third kappa shape index (κ3) is 2.40. The average Bonchev–Trinajstić information content (AvgIpc) is 2.77. The molecule has 0 amide bonds. The number of carbonyl (C=O) groups is 1. The Balaban J connectivity index is 1.93. The van der Waals surface area contributed by atoms with Crippen LogP contribution in [0.5, 0.6) is 11.5 Å². The first-order valence-corrected chi connectivity index (χ1v) is 9.81. The van der Waals surface area contributed by atoms with Crippen LogP contribution in [0.2, 0.25) is 0 Å². The number of aromatic hydroxyl groups is 2. The van der Waals surface area contributed by atoms with E-state index in [4.69, 9.17) is 0 Å². The molecule has 0 radical (unpaired) electrons. The Labute approximate surface area is 168 Å². The van der Waals surface area contributed by atoms with E-state index in [2.05, 4.69) is 0 Å². The third-order valence-corrected chi connectivity index (χ3v) is 5.98. The molecule has 3 nitrogen and oxygen atoms in total. The molecule has 0 spiro atoms. The molecule has 5 rings (SSSR count). The van der Waals surface area contributed by atoms with Gasteiger partial charge in [-0.2, -0.15) is 0 Å². The van der Waals surface area contributed by atoms with E-state index in [0.29, 0.717) is 39.4 Å². The van der Waals surface area contributed by atoms with Crippen LogP contribution in [0.4, 0.5) is 0 Å². The minimum atomic E-state index is -0.328. The van der Waals surface area contributed by atoms with Crippen LogP contribution in [0, 0.1) is 0 Å². The quantitative estimate of drug-likeness (QED) is 0.396. The van der Waals surface area contributed by atoms with Crippen LogP contribution in [0.25, 0.3) is 10.8 Å². The highest BCUT2D eigenvalue weighted by molar-refractivity contribution is 6.13. The molecule has 3 heteroatoms. The third-order valence-electron chi connectivity index (χ3n) is 5.98. The molecule has 0 unspecified atom stereocenters. The molecule has 4 aromatic carbocycles. The summed E-state index contributed by atoms with van der Waals surface area (Å²) in [5.74, 6) is 0.0301. The van der Waals surface area contributed by atoms with E-state index < -0.39 is 0 Å². The standard InChI is InChI=1S/C26H20O3/c1-2-15-23(26(29)21-14-8-7-13-20(21)24(15)27)22-16-9-3-5-11-18(16)25(28)19-12-6-4-10-17(19)22/h3-14,22,27,29H,2H2,1H3.